The van der Waals surface area contributed by atoms with Gasteiger partial charge in [0.1, 0.15) is 0 Å². The summed E-state index contributed by atoms with van der Waals surface area (Å²) in [5.74, 6) is -0.364. The summed E-state index contributed by atoms with van der Waals surface area (Å²) in [6, 6.07) is 0.860. The van der Waals surface area contributed by atoms with Crippen molar-refractivity contribution in [2.45, 2.75) is 38.8 Å². The molecule has 1 N–H and O–H groups in total. The van der Waals surface area contributed by atoms with Crippen LogP contribution in [0.2, 0.25) is 0 Å². The second kappa shape index (κ2) is 4.08. The average Bonchev–Trinajstić information content (AvgIpc) is 3.02. The van der Waals surface area contributed by atoms with E-state index in [0.717, 1.165) is 0 Å². The number of nitrogens with zero attached hydrogens (tertiary/aromatic N) is 3. The highest BCUT2D eigenvalue weighted by atomic mass is 16.4. The zero-order chi connectivity index (χ0) is 11.7. The van der Waals surface area contributed by atoms with Crippen molar-refractivity contribution in [3.8, 4) is 0 Å². The molecular formula is C11H15N3O2. The van der Waals surface area contributed by atoms with E-state index in [9.17, 15) is 4.79 Å². The molecule has 1 aliphatic rings. The number of carboxylic acids is 1. The Balaban J connectivity index is 2.21. The van der Waals surface area contributed by atoms with Gasteiger partial charge in [0.15, 0.2) is 0 Å². The van der Waals surface area contributed by atoms with E-state index in [1.807, 2.05) is 0 Å². The van der Waals surface area contributed by atoms with E-state index in [4.69, 9.17) is 5.11 Å². The lowest BCUT2D eigenvalue weighted by molar-refractivity contribution is 0.0696. The molecule has 5 nitrogen and oxygen atoms in total. The van der Waals surface area contributed by atoms with Crippen molar-refractivity contribution in [1.29, 1.82) is 0 Å². The quantitative estimate of drug-likeness (QED) is 0.835. The van der Waals surface area contributed by atoms with E-state index < -0.39 is 5.97 Å². The summed E-state index contributed by atoms with van der Waals surface area (Å²) in [5.41, 5.74) is 0.128. The summed E-state index contributed by atoms with van der Waals surface area (Å²) < 4.78 is 0. The third-order valence-corrected chi connectivity index (χ3v) is 2.61. The summed E-state index contributed by atoms with van der Waals surface area (Å²) >= 11 is 0. The molecule has 1 fully saturated rings. The summed E-state index contributed by atoms with van der Waals surface area (Å²) in [6.07, 6.45) is 5.06. The van der Waals surface area contributed by atoms with Gasteiger partial charge in [-0.25, -0.2) is 14.8 Å². The largest absolute Gasteiger partial charge is 0.478 e. The van der Waals surface area contributed by atoms with Crippen LogP contribution in [0, 0.1) is 0 Å². The number of hydrogen-bond acceptors (Lipinski definition) is 4. The molecule has 0 atom stereocenters. The SMILES string of the molecule is CC(C)N(c1ncc(C(=O)O)cn1)C1CC1. The Kier molecular flexibility index (Phi) is 2.77. The van der Waals surface area contributed by atoms with Crippen LogP contribution in [0.25, 0.3) is 0 Å². The highest BCUT2D eigenvalue weighted by molar-refractivity contribution is 5.86. The first-order chi connectivity index (χ1) is 7.59. The van der Waals surface area contributed by atoms with Crippen molar-refractivity contribution >= 4 is 11.9 Å². The van der Waals surface area contributed by atoms with Crippen LogP contribution in [0.3, 0.4) is 0 Å². The van der Waals surface area contributed by atoms with E-state index in [1.54, 1.807) is 0 Å². The molecule has 2 rings (SSSR count). The molecule has 0 radical (unpaired) electrons. The minimum atomic E-state index is -0.992. The smallest absolute Gasteiger partial charge is 0.338 e. The van der Waals surface area contributed by atoms with E-state index in [2.05, 4.69) is 28.7 Å². The predicted molar refractivity (Wildman–Crippen MR) is 59.6 cm³/mol. The molecule has 0 spiro atoms. The van der Waals surface area contributed by atoms with Gasteiger partial charge in [-0.3, -0.25) is 0 Å². The van der Waals surface area contributed by atoms with Gasteiger partial charge in [-0.1, -0.05) is 0 Å². The third-order valence-electron chi connectivity index (χ3n) is 2.61. The summed E-state index contributed by atoms with van der Waals surface area (Å²) in [4.78, 5) is 21.0. The molecule has 0 amide bonds. The molecule has 0 aromatic carbocycles. The van der Waals surface area contributed by atoms with Crippen LogP contribution in [0.4, 0.5) is 5.95 Å². The Hall–Kier alpha value is -1.65. The van der Waals surface area contributed by atoms with Crippen LogP contribution in [0.15, 0.2) is 12.4 Å². The monoisotopic (exact) mass is 221 g/mol. The maximum atomic E-state index is 10.7. The summed E-state index contributed by atoms with van der Waals surface area (Å²) in [7, 11) is 0. The molecule has 0 unspecified atom stereocenters. The van der Waals surface area contributed by atoms with Gasteiger partial charge >= 0.3 is 5.97 Å². The van der Waals surface area contributed by atoms with Crippen molar-refractivity contribution < 1.29 is 9.90 Å². The molecule has 0 aliphatic heterocycles. The summed E-state index contributed by atoms with van der Waals surface area (Å²) in [5, 5.41) is 8.75. The van der Waals surface area contributed by atoms with Crippen LogP contribution in [-0.4, -0.2) is 33.1 Å². The van der Waals surface area contributed by atoms with E-state index >= 15 is 0 Å². The number of rotatable bonds is 4. The summed E-state index contributed by atoms with van der Waals surface area (Å²) in [6.45, 7) is 4.18. The Morgan fingerprint density at radius 1 is 1.44 bits per heavy atom. The first kappa shape index (κ1) is 10.9. The lowest BCUT2D eigenvalue weighted by Crippen LogP contribution is -2.34. The van der Waals surface area contributed by atoms with E-state index in [1.165, 1.54) is 25.2 Å². The molecule has 1 aromatic heterocycles. The zero-order valence-corrected chi connectivity index (χ0v) is 9.42. The molecule has 5 heteroatoms. The fourth-order valence-electron chi connectivity index (χ4n) is 1.73. The number of aromatic nitrogens is 2. The molecule has 0 saturated heterocycles. The lowest BCUT2D eigenvalue weighted by Gasteiger charge is -2.26. The van der Waals surface area contributed by atoms with Gasteiger partial charge < -0.3 is 10.0 Å². The molecule has 1 heterocycles. The fourth-order valence-corrected chi connectivity index (χ4v) is 1.73. The van der Waals surface area contributed by atoms with Gasteiger partial charge in [-0.05, 0) is 26.7 Å². The van der Waals surface area contributed by atoms with Crippen LogP contribution in [0.1, 0.15) is 37.0 Å². The van der Waals surface area contributed by atoms with Gasteiger partial charge in [0.25, 0.3) is 0 Å². The standard InChI is InChI=1S/C11H15N3O2/c1-7(2)14(9-3-4-9)11-12-5-8(6-13-11)10(15)16/h5-7,9H,3-4H2,1-2H3,(H,15,16). The highest BCUT2D eigenvalue weighted by Gasteiger charge is 2.32. The van der Waals surface area contributed by atoms with Crippen LogP contribution in [0.5, 0.6) is 0 Å². The van der Waals surface area contributed by atoms with Crippen LogP contribution >= 0.6 is 0 Å². The average molecular weight is 221 g/mol. The van der Waals surface area contributed by atoms with Crippen LogP contribution < -0.4 is 4.90 Å². The number of hydrogen-bond donors (Lipinski definition) is 1. The molecule has 86 valence electrons. The Morgan fingerprint density at radius 2 is 2.00 bits per heavy atom. The molecular weight excluding hydrogens is 206 g/mol. The second-order valence-electron chi connectivity index (χ2n) is 4.31. The molecule has 16 heavy (non-hydrogen) atoms. The molecule has 0 bridgehead atoms. The van der Waals surface area contributed by atoms with Gasteiger partial charge in [-0.15, -0.1) is 0 Å². The van der Waals surface area contributed by atoms with Gasteiger partial charge in [0.2, 0.25) is 5.95 Å². The van der Waals surface area contributed by atoms with Crippen molar-refractivity contribution in [3.05, 3.63) is 18.0 Å². The highest BCUT2D eigenvalue weighted by Crippen LogP contribution is 2.31. The number of aromatic carboxylic acids is 1. The molecule has 1 aromatic rings. The van der Waals surface area contributed by atoms with Gasteiger partial charge in [-0.2, -0.15) is 0 Å². The normalized spacial score (nSPS) is 15.2. The van der Waals surface area contributed by atoms with Crippen molar-refractivity contribution in [2.75, 3.05) is 4.90 Å². The number of carboxylic acid groups (broad SMARTS) is 1. The van der Waals surface area contributed by atoms with E-state index in [0.29, 0.717) is 18.0 Å². The van der Waals surface area contributed by atoms with Crippen molar-refractivity contribution in [2.24, 2.45) is 0 Å². The van der Waals surface area contributed by atoms with Crippen molar-refractivity contribution in [3.63, 3.8) is 0 Å². The van der Waals surface area contributed by atoms with Crippen molar-refractivity contribution in [1.82, 2.24) is 9.97 Å². The third kappa shape index (κ3) is 2.13. The van der Waals surface area contributed by atoms with E-state index in [-0.39, 0.29) is 5.56 Å². The Morgan fingerprint density at radius 3 is 2.38 bits per heavy atom. The minimum absolute atomic E-state index is 0.128. The van der Waals surface area contributed by atoms with Crippen LogP contribution in [-0.2, 0) is 0 Å². The van der Waals surface area contributed by atoms with Gasteiger partial charge in [0.05, 0.1) is 5.56 Å². The zero-order valence-electron chi connectivity index (χ0n) is 9.42. The Labute approximate surface area is 94.1 Å². The topological polar surface area (TPSA) is 66.3 Å². The number of anilines is 1. The predicted octanol–water partition coefficient (Wildman–Crippen LogP) is 1.55. The van der Waals surface area contributed by atoms with Gasteiger partial charge in [0, 0.05) is 24.5 Å². The molecule has 1 saturated carbocycles. The lowest BCUT2D eigenvalue weighted by atomic mass is 10.3. The first-order valence-corrected chi connectivity index (χ1v) is 5.43. The molecule has 1 aliphatic carbocycles. The minimum Gasteiger partial charge on any atom is -0.478 e. The maximum Gasteiger partial charge on any atom is 0.338 e. The number of carbonyl (C=O) groups is 1. The Bertz CT molecular complexity index is 383. The maximum absolute atomic E-state index is 10.7. The second-order valence-corrected chi connectivity index (χ2v) is 4.31. The fraction of sp³-hybridized carbons (Fsp3) is 0.545. The first-order valence-electron chi connectivity index (χ1n) is 5.43.